The number of rotatable bonds is 1. The number of hydrogen-bond donors (Lipinski definition) is 0. The van der Waals surface area contributed by atoms with Gasteiger partial charge in [0.05, 0.1) is 0 Å². The van der Waals surface area contributed by atoms with Gasteiger partial charge < -0.3 is 0 Å². The van der Waals surface area contributed by atoms with Crippen molar-refractivity contribution in [2.75, 3.05) is 0 Å². The molecule has 0 heterocycles. The quantitative estimate of drug-likeness (QED) is 0.638. The van der Waals surface area contributed by atoms with Crippen molar-refractivity contribution in [1.82, 2.24) is 0 Å². The van der Waals surface area contributed by atoms with Crippen LogP contribution in [0.5, 0.6) is 0 Å². The number of alkyl halides is 1. The molecule has 12 heavy (non-hydrogen) atoms. The molecule has 0 N–H and O–H groups in total. The Morgan fingerprint density at radius 2 is 1.83 bits per heavy atom. The molecule has 1 heteroatoms. The normalized spacial score (nSPS) is 14.4. The van der Waals surface area contributed by atoms with Crippen molar-refractivity contribution in [2.24, 2.45) is 0 Å². The first-order valence-electron chi connectivity index (χ1n) is 4.25. The van der Waals surface area contributed by atoms with Crippen LogP contribution in [0.15, 0.2) is 18.2 Å². The van der Waals surface area contributed by atoms with E-state index in [1.165, 1.54) is 28.8 Å². The molecule has 0 unspecified atom stereocenters. The van der Waals surface area contributed by atoms with Crippen LogP contribution in [-0.4, -0.2) is 0 Å². The molecule has 0 bridgehead atoms. The van der Waals surface area contributed by atoms with Crippen LogP contribution in [0, 0.1) is 0 Å². The highest BCUT2D eigenvalue weighted by Crippen LogP contribution is 2.01. The molecule has 0 aliphatic heterocycles. The minimum Gasteiger partial charge on any atom is -0.0876 e. The molecule has 62 valence electrons. The summed E-state index contributed by atoms with van der Waals surface area (Å²) in [5.41, 5.74) is 1.36. The maximum atomic E-state index is 3.46. The number of fused-ring (bicyclic) bond motifs is 1. The molecule has 1 aromatic carbocycles. The minimum atomic E-state index is 0.952. The summed E-state index contributed by atoms with van der Waals surface area (Å²) < 4.78 is 0. The van der Waals surface area contributed by atoms with Crippen molar-refractivity contribution in [3.05, 3.63) is 34.2 Å². The Hall–Kier alpha value is -0.560. The maximum Gasteiger partial charge on any atom is 0.0283 e. The van der Waals surface area contributed by atoms with Gasteiger partial charge in [-0.3, -0.25) is 0 Å². The summed E-state index contributed by atoms with van der Waals surface area (Å²) in [6.45, 7) is 0. The number of halogens is 1. The SMILES string of the molecule is BrCc1ccc2c(c1)=CCCC=2. The second-order valence-corrected chi connectivity index (χ2v) is 3.64. The summed E-state index contributed by atoms with van der Waals surface area (Å²) in [7, 11) is 0. The lowest BCUT2D eigenvalue weighted by atomic mass is 10.1. The van der Waals surface area contributed by atoms with Crippen LogP contribution in [-0.2, 0) is 5.33 Å². The van der Waals surface area contributed by atoms with E-state index in [-0.39, 0.29) is 0 Å². The van der Waals surface area contributed by atoms with Crippen LogP contribution < -0.4 is 10.4 Å². The van der Waals surface area contributed by atoms with Crippen LogP contribution in [0.1, 0.15) is 18.4 Å². The highest BCUT2D eigenvalue weighted by Gasteiger charge is 1.94. The number of benzene rings is 1. The van der Waals surface area contributed by atoms with Gasteiger partial charge in [0.1, 0.15) is 0 Å². The zero-order valence-corrected chi connectivity index (χ0v) is 8.47. The monoisotopic (exact) mass is 222 g/mol. The maximum absolute atomic E-state index is 3.46. The molecule has 0 fully saturated rings. The van der Waals surface area contributed by atoms with Gasteiger partial charge in [-0.2, -0.15) is 0 Å². The zero-order chi connectivity index (χ0) is 8.39. The van der Waals surface area contributed by atoms with Gasteiger partial charge in [0.2, 0.25) is 0 Å². The third-order valence-electron chi connectivity index (χ3n) is 2.20. The lowest BCUT2D eigenvalue weighted by Gasteiger charge is -2.01. The number of hydrogen-bond acceptors (Lipinski definition) is 0. The van der Waals surface area contributed by atoms with Crippen molar-refractivity contribution < 1.29 is 0 Å². The van der Waals surface area contributed by atoms with E-state index in [2.05, 4.69) is 46.3 Å². The lowest BCUT2D eigenvalue weighted by molar-refractivity contribution is 1.11. The fourth-order valence-electron chi connectivity index (χ4n) is 1.55. The van der Waals surface area contributed by atoms with Crippen LogP contribution >= 0.6 is 15.9 Å². The van der Waals surface area contributed by atoms with Crippen molar-refractivity contribution in [1.29, 1.82) is 0 Å². The van der Waals surface area contributed by atoms with Gasteiger partial charge in [-0.1, -0.05) is 46.3 Å². The van der Waals surface area contributed by atoms with Crippen LogP contribution in [0.4, 0.5) is 0 Å². The summed E-state index contributed by atoms with van der Waals surface area (Å²) in [4.78, 5) is 0. The molecule has 1 aliphatic carbocycles. The van der Waals surface area contributed by atoms with Crippen LogP contribution in [0.3, 0.4) is 0 Å². The molecule has 1 aliphatic rings. The van der Waals surface area contributed by atoms with E-state index >= 15 is 0 Å². The first kappa shape index (κ1) is 8.06. The first-order valence-corrected chi connectivity index (χ1v) is 5.37. The van der Waals surface area contributed by atoms with E-state index < -0.39 is 0 Å². The molecule has 0 saturated carbocycles. The lowest BCUT2D eigenvalue weighted by Crippen LogP contribution is -2.26. The molecular weight excluding hydrogens is 212 g/mol. The third kappa shape index (κ3) is 1.46. The molecule has 0 radical (unpaired) electrons. The van der Waals surface area contributed by atoms with Crippen molar-refractivity contribution in [2.45, 2.75) is 18.2 Å². The third-order valence-corrected chi connectivity index (χ3v) is 2.85. The Bertz CT molecular complexity index is 390. The van der Waals surface area contributed by atoms with Gasteiger partial charge in [-0.05, 0) is 28.8 Å². The van der Waals surface area contributed by atoms with Gasteiger partial charge in [0.25, 0.3) is 0 Å². The summed E-state index contributed by atoms with van der Waals surface area (Å²) >= 11 is 3.46. The summed E-state index contributed by atoms with van der Waals surface area (Å²) in [6, 6.07) is 6.66. The molecule has 0 saturated heterocycles. The predicted molar refractivity (Wildman–Crippen MR) is 56.5 cm³/mol. The molecule has 0 amide bonds. The Labute approximate surface area is 80.7 Å². The molecule has 0 spiro atoms. The predicted octanol–water partition coefficient (Wildman–Crippen LogP) is 1.94. The van der Waals surface area contributed by atoms with E-state index in [9.17, 15) is 0 Å². The van der Waals surface area contributed by atoms with E-state index in [1.807, 2.05) is 0 Å². The first-order chi connectivity index (χ1) is 5.90. The van der Waals surface area contributed by atoms with Crippen molar-refractivity contribution >= 4 is 28.1 Å². The molecule has 2 rings (SSSR count). The van der Waals surface area contributed by atoms with Crippen LogP contribution in [0.25, 0.3) is 12.2 Å². The Balaban J connectivity index is 2.65. The standard InChI is InChI=1S/C11H11Br/c12-8-9-5-6-10-3-1-2-4-11(10)7-9/h3-7H,1-2,8H2. The molecule has 0 atom stereocenters. The fraction of sp³-hybridized carbons (Fsp3) is 0.273. The average Bonchev–Trinajstić information content (AvgIpc) is 2.17. The molecular formula is C11H11Br. The summed E-state index contributed by atoms with van der Waals surface area (Å²) in [5, 5.41) is 3.75. The van der Waals surface area contributed by atoms with Crippen molar-refractivity contribution in [3.8, 4) is 0 Å². The molecule has 0 nitrogen and oxygen atoms in total. The van der Waals surface area contributed by atoms with Gasteiger partial charge >= 0.3 is 0 Å². The van der Waals surface area contributed by atoms with E-state index in [4.69, 9.17) is 0 Å². The highest BCUT2D eigenvalue weighted by atomic mass is 79.9. The van der Waals surface area contributed by atoms with E-state index in [0.717, 1.165) is 5.33 Å². The van der Waals surface area contributed by atoms with E-state index in [1.54, 1.807) is 0 Å². The van der Waals surface area contributed by atoms with Crippen molar-refractivity contribution in [3.63, 3.8) is 0 Å². The summed E-state index contributed by atoms with van der Waals surface area (Å²) in [5.74, 6) is 0. The molecule has 1 aromatic rings. The van der Waals surface area contributed by atoms with E-state index in [0.29, 0.717) is 0 Å². The fourth-order valence-corrected chi connectivity index (χ4v) is 1.90. The highest BCUT2D eigenvalue weighted by molar-refractivity contribution is 9.08. The molecule has 0 aromatic heterocycles. The second kappa shape index (κ2) is 3.44. The second-order valence-electron chi connectivity index (χ2n) is 3.08. The van der Waals surface area contributed by atoms with Crippen LogP contribution in [0.2, 0.25) is 0 Å². The van der Waals surface area contributed by atoms with Gasteiger partial charge in [-0.25, -0.2) is 0 Å². The Morgan fingerprint density at radius 3 is 2.58 bits per heavy atom. The Morgan fingerprint density at radius 1 is 1.08 bits per heavy atom. The van der Waals surface area contributed by atoms with Gasteiger partial charge in [0, 0.05) is 5.33 Å². The van der Waals surface area contributed by atoms with Gasteiger partial charge in [0.15, 0.2) is 0 Å². The minimum absolute atomic E-state index is 0.952. The topological polar surface area (TPSA) is 0 Å². The zero-order valence-electron chi connectivity index (χ0n) is 6.89. The average molecular weight is 223 g/mol. The summed E-state index contributed by atoms with van der Waals surface area (Å²) in [6.07, 6.45) is 7.02. The largest absolute Gasteiger partial charge is 0.0876 e. The smallest absolute Gasteiger partial charge is 0.0283 e. The van der Waals surface area contributed by atoms with Gasteiger partial charge in [-0.15, -0.1) is 0 Å². The Kier molecular flexibility index (Phi) is 2.31.